The molecule has 0 aromatic rings. The van der Waals surface area contributed by atoms with Crippen LogP contribution in [0.2, 0.25) is 0 Å². The highest BCUT2D eigenvalue weighted by Gasteiger charge is 2.31. The number of aliphatic carboxylic acids is 1. The lowest BCUT2D eigenvalue weighted by molar-refractivity contribution is -0.143. The predicted octanol–water partition coefficient (Wildman–Crippen LogP) is 2.61. The lowest BCUT2D eigenvalue weighted by Crippen LogP contribution is -2.37. The molecule has 0 atom stereocenters. The monoisotopic (exact) mass is 239 g/mol. The molecule has 2 aliphatic rings. The van der Waals surface area contributed by atoms with Gasteiger partial charge in [-0.2, -0.15) is 0 Å². The zero-order valence-corrected chi connectivity index (χ0v) is 10.9. The molecule has 0 unspecified atom stereocenters. The van der Waals surface area contributed by atoms with Gasteiger partial charge in [0.1, 0.15) is 0 Å². The van der Waals surface area contributed by atoms with Gasteiger partial charge >= 0.3 is 5.97 Å². The molecule has 1 N–H and O–H groups in total. The van der Waals surface area contributed by atoms with Crippen LogP contribution in [0.15, 0.2) is 0 Å². The van der Waals surface area contributed by atoms with Crippen LogP contribution in [0, 0.1) is 17.8 Å². The molecule has 3 nitrogen and oxygen atoms in total. The van der Waals surface area contributed by atoms with Gasteiger partial charge in [-0.05, 0) is 70.0 Å². The van der Waals surface area contributed by atoms with Crippen molar-refractivity contribution in [2.45, 2.75) is 45.4 Å². The van der Waals surface area contributed by atoms with Crippen molar-refractivity contribution in [3.8, 4) is 0 Å². The fourth-order valence-corrected chi connectivity index (χ4v) is 3.58. The van der Waals surface area contributed by atoms with Crippen molar-refractivity contribution in [2.75, 3.05) is 19.6 Å². The average Bonchev–Trinajstić information content (AvgIpc) is 2.39. The number of rotatable bonds is 3. The third-order valence-corrected chi connectivity index (χ3v) is 4.87. The number of hydrogen-bond donors (Lipinski definition) is 1. The fraction of sp³-hybridized carbons (Fsp3) is 0.929. The SMILES string of the molecule is CCN1CCC(C2CCC(C(=O)O)CC2)CC1. The molecular weight excluding hydrogens is 214 g/mol. The Morgan fingerprint density at radius 2 is 1.59 bits per heavy atom. The van der Waals surface area contributed by atoms with Gasteiger partial charge in [0, 0.05) is 0 Å². The van der Waals surface area contributed by atoms with Crippen molar-refractivity contribution in [1.82, 2.24) is 4.90 Å². The van der Waals surface area contributed by atoms with Crippen LogP contribution in [0.1, 0.15) is 45.4 Å². The molecule has 0 bridgehead atoms. The predicted molar refractivity (Wildman–Crippen MR) is 67.9 cm³/mol. The topological polar surface area (TPSA) is 40.5 Å². The van der Waals surface area contributed by atoms with Crippen LogP contribution in [0.4, 0.5) is 0 Å². The van der Waals surface area contributed by atoms with E-state index in [1.807, 2.05) is 0 Å². The van der Waals surface area contributed by atoms with Crippen LogP contribution in [0.5, 0.6) is 0 Å². The van der Waals surface area contributed by atoms with Gasteiger partial charge in [-0.1, -0.05) is 6.92 Å². The quantitative estimate of drug-likeness (QED) is 0.823. The lowest BCUT2D eigenvalue weighted by Gasteiger charge is -2.38. The molecule has 1 heterocycles. The fourth-order valence-electron chi connectivity index (χ4n) is 3.58. The summed E-state index contributed by atoms with van der Waals surface area (Å²) < 4.78 is 0. The van der Waals surface area contributed by atoms with Gasteiger partial charge in [0.25, 0.3) is 0 Å². The first kappa shape index (κ1) is 12.9. The minimum atomic E-state index is -0.579. The molecule has 98 valence electrons. The van der Waals surface area contributed by atoms with Crippen molar-refractivity contribution in [2.24, 2.45) is 17.8 Å². The Morgan fingerprint density at radius 3 is 2.06 bits per heavy atom. The Bertz CT molecular complexity index is 251. The Hall–Kier alpha value is -0.570. The highest BCUT2D eigenvalue weighted by molar-refractivity contribution is 5.69. The molecular formula is C14H25NO2. The van der Waals surface area contributed by atoms with Gasteiger partial charge in [0.05, 0.1) is 5.92 Å². The molecule has 17 heavy (non-hydrogen) atoms. The maximum absolute atomic E-state index is 10.9. The number of likely N-dealkylation sites (tertiary alicyclic amines) is 1. The van der Waals surface area contributed by atoms with E-state index in [9.17, 15) is 4.79 Å². The maximum Gasteiger partial charge on any atom is 0.306 e. The van der Waals surface area contributed by atoms with Crippen molar-refractivity contribution in [1.29, 1.82) is 0 Å². The first-order valence-electron chi connectivity index (χ1n) is 7.16. The molecule has 0 spiro atoms. The van der Waals surface area contributed by atoms with E-state index in [1.165, 1.54) is 32.5 Å². The summed E-state index contributed by atoms with van der Waals surface area (Å²) in [5, 5.41) is 8.99. The van der Waals surface area contributed by atoms with Crippen molar-refractivity contribution >= 4 is 5.97 Å². The summed E-state index contributed by atoms with van der Waals surface area (Å²) in [5.41, 5.74) is 0. The highest BCUT2D eigenvalue weighted by atomic mass is 16.4. The molecule has 1 aliphatic carbocycles. The molecule has 1 aliphatic heterocycles. The second-order valence-electron chi connectivity index (χ2n) is 5.72. The van der Waals surface area contributed by atoms with Gasteiger partial charge in [0.15, 0.2) is 0 Å². The van der Waals surface area contributed by atoms with Gasteiger partial charge in [-0.3, -0.25) is 4.79 Å². The van der Waals surface area contributed by atoms with Crippen LogP contribution in [0.3, 0.4) is 0 Å². The molecule has 1 saturated carbocycles. The summed E-state index contributed by atoms with van der Waals surface area (Å²) in [6.45, 7) is 5.91. The zero-order chi connectivity index (χ0) is 12.3. The Labute approximate surface area is 104 Å². The van der Waals surface area contributed by atoms with Gasteiger partial charge < -0.3 is 10.0 Å². The van der Waals surface area contributed by atoms with Crippen molar-refractivity contribution < 1.29 is 9.90 Å². The Morgan fingerprint density at radius 1 is 1.06 bits per heavy atom. The van der Waals surface area contributed by atoms with E-state index in [2.05, 4.69) is 11.8 Å². The van der Waals surface area contributed by atoms with Crippen LogP contribution < -0.4 is 0 Å². The van der Waals surface area contributed by atoms with Crippen molar-refractivity contribution in [3.63, 3.8) is 0 Å². The summed E-state index contributed by atoms with van der Waals surface area (Å²) >= 11 is 0. The van der Waals surface area contributed by atoms with Crippen LogP contribution >= 0.6 is 0 Å². The molecule has 3 heteroatoms. The van der Waals surface area contributed by atoms with E-state index in [1.54, 1.807) is 0 Å². The molecule has 0 aromatic carbocycles. The van der Waals surface area contributed by atoms with E-state index in [0.29, 0.717) is 0 Å². The average molecular weight is 239 g/mol. The zero-order valence-electron chi connectivity index (χ0n) is 10.9. The van der Waals surface area contributed by atoms with E-state index < -0.39 is 5.97 Å². The van der Waals surface area contributed by atoms with E-state index in [-0.39, 0.29) is 5.92 Å². The smallest absolute Gasteiger partial charge is 0.306 e. The second-order valence-corrected chi connectivity index (χ2v) is 5.72. The number of piperidine rings is 1. The Kier molecular flexibility index (Phi) is 4.43. The highest BCUT2D eigenvalue weighted by Crippen LogP contribution is 2.37. The normalized spacial score (nSPS) is 32.5. The molecule has 0 radical (unpaired) electrons. The summed E-state index contributed by atoms with van der Waals surface area (Å²) in [4.78, 5) is 13.4. The number of hydrogen-bond acceptors (Lipinski definition) is 2. The molecule has 2 rings (SSSR count). The van der Waals surface area contributed by atoms with Crippen LogP contribution in [0.25, 0.3) is 0 Å². The summed E-state index contributed by atoms with van der Waals surface area (Å²) in [6, 6.07) is 0. The third kappa shape index (κ3) is 3.21. The number of nitrogens with zero attached hydrogens (tertiary/aromatic N) is 1. The molecule has 0 aromatic heterocycles. The lowest BCUT2D eigenvalue weighted by atomic mass is 9.73. The van der Waals surface area contributed by atoms with Crippen molar-refractivity contribution in [3.05, 3.63) is 0 Å². The molecule has 1 saturated heterocycles. The number of carboxylic acid groups (broad SMARTS) is 1. The molecule has 0 amide bonds. The first-order valence-corrected chi connectivity index (χ1v) is 7.16. The summed E-state index contributed by atoms with van der Waals surface area (Å²) in [6.07, 6.45) is 6.77. The first-order chi connectivity index (χ1) is 8.20. The number of carbonyl (C=O) groups is 1. The minimum Gasteiger partial charge on any atom is -0.481 e. The summed E-state index contributed by atoms with van der Waals surface area (Å²) in [5.74, 6) is 1.04. The largest absolute Gasteiger partial charge is 0.481 e. The van der Waals surface area contributed by atoms with Crippen LogP contribution in [-0.2, 0) is 4.79 Å². The van der Waals surface area contributed by atoms with Gasteiger partial charge in [0.2, 0.25) is 0 Å². The van der Waals surface area contributed by atoms with E-state index in [0.717, 1.165) is 37.5 Å². The maximum atomic E-state index is 10.9. The van der Waals surface area contributed by atoms with E-state index in [4.69, 9.17) is 5.11 Å². The Balaban J connectivity index is 1.76. The molecule has 2 fully saturated rings. The standard InChI is InChI=1S/C14H25NO2/c1-2-15-9-7-12(8-10-15)11-3-5-13(6-4-11)14(16)17/h11-13H,2-10H2,1H3,(H,16,17). The summed E-state index contributed by atoms with van der Waals surface area (Å²) in [7, 11) is 0. The second kappa shape index (κ2) is 5.85. The van der Waals surface area contributed by atoms with Gasteiger partial charge in [-0.15, -0.1) is 0 Å². The number of carboxylic acids is 1. The van der Waals surface area contributed by atoms with E-state index >= 15 is 0 Å². The minimum absolute atomic E-state index is 0.0537. The van der Waals surface area contributed by atoms with Gasteiger partial charge in [-0.25, -0.2) is 0 Å². The third-order valence-electron chi connectivity index (χ3n) is 4.87. The van der Waals surface area contributed by atoms with Crippen LogP contribution in [-0.4, -0.2) is 35.6 Å².